The fourth-order valence-electron chi connectivity index (χ4n) is 3.60. The maximum absolute atomic E-state index is 13.3. The van der Waals surface area contributed by atoms with Gasteiger partial charge in [-0.3, -0.25) is 14.6 Å². The summed E-state index contributed by atoms with van der Waals surface area (Å²) in [5, 5.41) is 14.4. The summed E-state index contributed by atoms with van der Waals surface area (Å²) >= 11 is 0. The van der Waals surface area contributed by atoms with Gasteiger partial charge in [-0.15, -0.1) is 0 Å². The molecular formula is C26H22N2O3. The quantitative estimate of drug-likeness (QED) is 0.481. The van der Waals surface area contributed by atoms with E-state index in [2.05, 4.69) is 10.3 Å². The van der Waals surface area contributed by atoms with E-state index in [1.165, 1.54) is 0 Å². The summed E-state index contributed by atoms with van der Waals surface area (Å²) < 4.78 is 0. The molecule has 1 heterocycles. The first-order valence-electron chi connectivity index (χ1n) is 10.1. The van der Waals surface area contributed by atoms with E-state index in [0.29, 0.717) is 12.0 Å². The Morgan fingerprint density at radius 3 is 2.45 bits per heavy atom. The van der Waals surface area contributed by atoms with Crippen LogP contribution in [0.1, 0.15) is 21.5 Å². The number of ketones is 1. The zero-order valence-corrected chi connectivity index (χ0v) is 16.9. The molecule has 1 amide bonds. The van der Waals surface area contributed by atoms with E-state index in [1.807, 2.05) is 30.3 Å². The number of carbonyl (C=O) groups is 2. The van der Waals surface area contributed by atoms with E-state index in [-0.39, 0.29) is 23.9 Å². The molecule has 5 heteroatoms. The van der Waals surface area contributed by atoms with Crippen molar-refractivity contribution in [3.05, 3.63) is 108 Å². The van der Waals surface area contributed by atoms with Crippen molar-refractivity contribution in [1.82, 2.24) is 10.3 Å². The second-order valence-corrected chi connectivity index (χ2v) is 7.42. The van der Waals surface area contributed by atoms with Crippen LogP contribution in [0.2, 0.25) is 0 Å². The Bertz CT molecular complexity index is 1200. The predicted octanol–water partition coefficient (Wildman–Crippen LogP) is 4.09. The Kier molecular flexibility index (Phi) is 6.03. The number of phenolic OH excluding ortho intramolecular Hbond substituents is 1. The van der Waals surface area contributed by atoms with Crippen LogP contribution >= 0.6 is 0 Å². The number of Topliss-reactive ketones (excluding diaryl/α,β-unsaturated/α-hetero) is 1. The fourth-order valence-corrected chi connectivity index (χ4v) is 3.60. The van der Waals surface area contributed by atoms with Crippen LogP contribution in [0.5, 0.6) is 5.75 Å². The summed E-state index contributed by atoms with van der Waals surface area (Å²) in [6.45, 7) is 0. The standard InChI is InChI=1S/C26H22N2O3/c29-22-11-9-18(10-12-22)15-24(28-26(31)19-5-2-1-3-6-19)25(30)16-20-7-4-8-21-17-27-14-13-23(20)21/h1-14,17,24,29H,15-16H2,(H,28,31). The van der Waals surface area contributed by atoms with Gasteiger partial charge in [-0.1, -0.05) is 48.5 Å². The molecule has 2 N–H and O–H groups in total. The largest absolute Gasteiger partial charge is 0.508 e. The third kappa shape index (κ3) is 4.95. The molecule has 0 fully saturated rings. The Morgan fingerprint density at radius 2 is 1.68 bits per heavy atom. The molecule has 1 atom stereocenters. The van der Waals surface area contributed by atoms with Gasteiger partial charge >= 0.3 is 0 Å². The molecule has 0 aliphatic carbocycles. The van der Waals surface area contributed by atoms with Crippen molar-refractivity contribution >= 4 is 22.5 Å². The molecule has 31 heavy (non-hydrogen) atoms. The second-order valence-electron chi connectivity index (χ2n) is 7.42. The van der Waals surface area contributed by atoms with E-state index in [4.69, 9.17) is 0 Å². The highest BCUT2D eigenvalue weighted by atomic mass is 16.3. The molecule has 0 saturated heterocycles. The summed E-state index contributed by atoms with van der Waals surface area (Å²) in [5.74, 6) is -0.217. The van der Waals surface area contributed by atoms with Crippen molar-refractivity contribution in [2.75, 3.05) is 0 Å². The lowest BCUT2D eigenvalue weighted by Gasteiger charge is -2.19. The van der Waals surface area contributed by atoms with Crippen LogP contribution in [0.4, 0.5) is 0 Å². The number of pyridine rings is 1. The molecule has 154 valence electrons. The highest BCUT2D eigenvalue weighted by Crippen LogP contribution is 2.19. The summed E-state index contributed by atoms with van der Waals surface area (Å²) in [6, 6.07) is 22.5. The summed E-state index contributed by atoms with van der Waals surface area (Å²) in [6.07, 6.45) is 4.01. The van der Waals surface area contributed by atoms with Gasteiger partial charge in [0.1, 0.15) is 5.75 Å². The monoisotopic (exact) mass is 410 g/mol. The Hall–Kier alpha value is -3.99. The van der Waals surface area contributed by atoms with Crippen LogP contribution in [0.3, 0.4) is 0 Å². The van der Waals surface area contributed by atoms with Crippen LogP contribution < -0.4 is 5.32 Å². The normalized spacial score (nSPS) is 11.7. The maximum Gasteiger partial charge on any atom is 0.251 e. The van der Waals surface area contributed by atoms with Gasteiger partial charge in [-0.05, 0) is 53.3 Å². The van der Waals surface area contributed by atoms with Crippen molar-refractivity contribution in [3.8, 4) is 5.75 Å². The minimum atomic E-state index is -0.700. The number of phenols is 1. The number of nitrogens with one attached hydrogen (secondary N) is 1. The average molecular weight is 410 g/mol. The first-order chi connectivity index (χ1) is 15.1. The SMILES string of the molecule is O=C(NC(Cc1ccc(O)cc1)C(=O)Cc1cccc2cnccc12)c1ccccc1. The maximum atomic E-state index is 13.3. The average Bonchev–Trinajstić information content (AvgIpc) is 2.81. The number of benzene rings is 3. The molecule has 3 aromatic carbocycles. The van der Waals surface area contributed by atoms with Gasteiger partial charge in [-0.2, -0.15) is 0 Å². The molecule has 5 nitrogen and oxygen atoms in total. The minimum Gasteiger partial charge on any atom is -0.508 e. The van der Waals surface area contributed by atoms with Gasteiger partial charge in [0.2, 0.25) is 0 Å². The van der Waals surface area contributed by atoms with Gasteiger partial charge in [0.25, 0.3) is 5.91 Å². The molecule has 0 aliphatic rings. The van der Waals surface area contributed by atoms with Crippen molar-refractivity contribution in [1.29, 1.82) is 0 Å². The summed E-state index contributed by atoms with van der Waals surface area (Å²) in [5.41, 5.74) is 2.25. The number of nitrogens with zero attached hydrogens (tertiary/aromatic N) is 1. The smallest absolute Gasteiger partial charge is 0.251 e. The van der Waals surface area contributed by atoms with E-state index in [9.17, 15) is 14.7 Å². The first-order valence-corrected chi connectivity index (χ1v) is 10.1. The fraction of sp³-hybridized carbons (Fsp3) is 0.115. The van der Waals surface area contributed by atoms with Crippen molar-refractivity contribution in [2.24, 2.45) is 0 Å². The Balaban J connectivity index is 1.59. The topological polar surface area (TPSA) is 79.3 Å². The minimum absolute atomic E-state index is 0.0818. The second kappa shape index (κ2) is 9.22. The third-order valence-corrected chi connectivity index (χ3v) is 5.24. The summed E-state index contributed by atoms with van der Waals surface area (Å²) in [7, 11) is 0. The highest BCUT2D eigenvalue weighted by Gasteiger charge is 2.22. The Morgan fingerprint density at radius 1 is 0.903 bits per heavy atom. The number of carbonyl (C=O) groups excluding carboxylic acids is 2. The molecule has 0 bridgehead atoms. The van der Waals surface area contributed by atoms with Gasteiger partial charge in [0, 0.05) is 29.8 Å². The van der Waals surface area contributed by atoms with E-state index in [1.54, 1.807) is 60.9 Å². The molecule has 0 aliphatic heterocycles. The Labute approximate surface area is 180 Å². The number of aromatic nitrogens is 1. The zero-order chi connectivity index (χ0) is 21.6. The molecule has 1 unspecified atom stereocenters. The molecule has 0 radical (unpaired) electrons. The van der Waals surface area contributed by atoms with E-state index < -0.39 is 6.04 Å². The molecule has 4 rings (SSSR count). The van der Waals surface area contributed by atoms with Gasteiger partial charge in [-0.25, -0.2) is 0 Å². The van der Waals surface area contributed by atoms with E-state index >= 15 is 0 Å². The summed E-state index contributed by atoms with van der Waals surface area (Å²) in [4.78, 5) is 30.2. The van der Waals surface area contributed by atoms with Crippen LogP contribution in [-0.4, -0.2) is 27.8 Å². The zero-order valence-electron chi connectivity index (χ0n) is 16.9. The molecule has 0 saturated carbocycles. The number of fused-ring (bicyclic) bond motifs is 1. The number of rotatable bonds is 7. The lowest BCUT2D eigenvalue weighted by atomic mass is 9.95. The van der Waals surface area contributed by atoms with Gasteiger partial charge in [0.15, 0.2) is 5.78 Å². The van der Waals surface area contributed by atoms with Gasteiger partial charge < -0.3 is 10.4 Å². The number of hydrogen-bond donors (Lipinski definition) is 2. The number of aromatic hydroxyl groups is 1. The van der Waals surface area contributed by atoms with E-state index in [0.717, 1.165) is 21.9 Å². The van der Waals surface area contributed by atoms with Crippen molar-refractivity contribution in [2.45, 2.75) is 18.9 Å². The van der Waals surface area contributed by atoms with Gasteiger partial charge in [0.05, 0.1) is 6.04 Å². The van der Waals surface area contributed by atoms with Crippen LogP contribution in [0, 0.1) is 0 Å². The lowest BCUT2D eigenvalue weighted by Crippen LogP contribution is -2.43. The van der Waals surface area contributed by atoms with Crippen molar-refractivity contribution < 1.29 is 14.7 Å². The molecule has 0 spiro atoms. The predicted molar refractivity (Wildman–Crippen MR) is 120 cm³/mol. The molecular weight excluding hydrogens is 388 g/mol. The van der Waals surface area contributed by atoms with Crippen LogP contribution in [0.25, 0.3) is 10.8 Å². The lowest BCUT2D eigenvalue weighted by molar-refractivity contribution is -0.120. The molecule has 1 aromatic heterocycles. The number of hydrogen-bond acceptors (Lipinski definition) is 4. The highest BCUT2D eigenvalue weighted by molar-refractivity contribution is 5.99. The van der Waals surface area contributed by atoms with Crippen LogP contribution in [0.15, 0.2) is 91.3 Å². The van der Waals surface area contributed by atoms with Crippen molar-refractivity contribution in [3.63, 3.8) is 0 Å². The first kappa shape index (κ1) is 20.3. The third-order valence-electron chi connectivity index (χ3n) is 5.24. The number of amides is 1. The van der Waals surface area contributed by atoms with Crippen LogP contribution in [-0.2, 0) is 17.6 Å². The molecule has 4 aromatic rings.